The molecule has 17 heavy (non-hydrogen) atoms. The largest absolute Gasteiger partial charge is 0.364 e. The van der Waals surface area contributed by atoms with E-state index in [4.69, 9.17) is 5.73 Å². The molecule has 0 fully saturated rings. The van der Waals surface area contributed by atoms with E-state index in [0.717, 1.165) is 10.9 Å². The molecule has 1 heterocycles. The van der Waals surface area contributed by atoms with Crippen molar-refractivity contribution in [2.75, 3.05) is 18.4 Å². The predicted octanol–water partition coefficient (Wildman–Crippen LogP) is 2.24. The van der Waals surface area contributed by atoms with Gasteiger partial charge in [0.15, 0.2) is 0 Å². The minimum absolute atomic E-state index is 0.428. The molecule has 0 spiro atoms. The molecule has 0 bridgehead atoms. The number of anilines is 1. The Morgan fingerprint density at radius 3 is 2.71 bits per heavy atom. The highest BCUT2D eigenvalue weighted by molar-refractivity contribution is 5.80. The number of halogens is 2. The number of para-hydroxylation sites is 1. The van der Waals surface area contributed by atoms with Crippen molar-refractivity contribution < 1.29 is 8.78 Å². The number of hydrogen-bond donors (Lipinski definition) is 2. The van der Waals surface area contributed by atoms with Crippen LogP contribution in [0.3, 0.4) is 0 Å². The summed E-state index contributed by atoms with van der Waals surface area (Å²) in [4.78, 5) is 4.23. The summed E-state index contributed by atoms with van der Waals surface area (Å²) in [6.45, 7) is -1.18. The molecule has 5 heteroatoms. The lowest BCUT2D eigenvalue weighted by atomic mass is 10.2. The van der Waals surface area contributed by atoms with Crippen LogP contribution in [0.2, 0.25) is 0 Å². The van der Waals surface area contributed by atoms with E-state index in [1.807, 2.05) is 30.3 Å². The van der Waals surface area contributed by atoms with Crippen molar-refractivity contribution in [3.8, 4) is 0 Å². The highest BCUT2D eigenvalue weighted by Crippen LogP contribution is 2.16. The maximum absolute atomic E-state index is 12.9. The Hall–Kier alpha value is -1.75. The molecule has 0 aliphatic carbocycles. The lowest BCUT2D eigenvalue weighted by molar-refractivity contribution is 0.0253. The Morgan fingerprint density at radius 2 is 1.94 bits per heavy atom. The monoisotopic (exact) mass is 237 g/mol. The summed E-state index contributed by atoms with van der Waals surface area (Å²) in [5, 5.41) is 3.56. The van der Waals surface area contributed by atoms with E-state index in [1.165, 1.54) is 0 Å². The molecule has 0 saturated carbocycles. The second-order valence-electron chi connectivity index (χ2n) is 3.80. The Balaban J connectivity index is 2.14. The molecular formula is C12H13F2N3. The van der Waals surface area contributed by atoms with E-state index < -0.39 is 19.0 Å². The lowest BCUT2D eigenvalue weighted by Gasteiger charge is -2.15. The van der Waals surface area contributed by atoms with Crippen LogP contribution in [-0.2, 0) is 0 Å². The quantitative estimate of drug-likeness (QED) is 0.857. The van der Waals surface area contributed by atoms with E-state index in [9.17, 15) is 8.78 Å². The van der Waals surface area contributed by atoms with Gasteiger partial charge in [0.1, 0.15) is 5.82 Å². The molecule has 0 saturated heterocycles. The second kappa shape index (κ2) is 4.63. The fourth-order valence-corrected chi connectivity index (χ4v) is 1.46. The van der Waals surface area contributed by atoms with Crippen LogP contribution in [0.1, 0.15) is 0 Å². The van der Waals surface area contributed by atoms with Gasteiger partial charge in [0.05, 0.1) is 18.6 Å². The smallest absolute Gasteiger partial charge is 0.276 e. The third-order valence-electron chi connectivity index (χ3n) is 2.43. The van der Waals surface area contributed by atoms with Gasteiger partial charge in [-0.1, -0.05) is 18.2 Å². The Labute approximate surface area is 97.6 Å². The third-order valence-corrected chi connectivity index (χ3v) is 2.43. The van der Waals surface area contributed by atoms with Crippen molar-refractivity contribution in [1.29, 1.82) is 0 Å². The molecule has 0 amide bonds. The first-order valence-corrected chi connectivity index (χ1v) is 5.28. The first-order valence-electron chi connectivity index (χ1n) is 5.28. The molecule has 0 atom stereocenters. The Morgan fingerprint density at radius 1 is 1.18 bits per heavy atom. The molecule has 3 nitrogen and oxygen atoms in total. The van der Waals surface area contributed by atoms with Crippen molar-refractivity contribution >= 4 is 16.7 Å². The van der Waals surface area contributed by atoms with Crippen molar-refractivity contribution in [2.45, 2.75) is 5.92 Å². The van der Waals surface area contributed by atoms with Crippen LogP contribution in [0, 0.1) is 0 Å². The van der Waals surface area contributed by atoms with E-state index in [-0.39, 0.29) is 0 Å². The molecule has 3 N–H and O–H groups in total. The summed E-state index contributed by atoms with van der Waals surface area (Å²) < 4.78 is 25.9. The van der Waals surface area contributed by atoms with Crippen LogP contribution in [0.15, 0.2) is 36.4 Å². The molecule has 0 unspecified atom stereocenters. The van der Waals surface area contributed by atoms with Gasteiger partial charge in [-0.05, 0) is 18.2 Å². The zero-order chi connectivity index (χ0) is 12.3. The summed E-state index contributed by atoms with van der Waals surface area (Å²) >= 11 is 0. The van der Waals surface area contributed by atoms with Crippen molar-refractivity contribution in [1.82, 2.24) is 4.98 Å². The number of benzene rings is 1. The van der Waals surface area contributed by atoms with Crippen LogP contribution >= 0.6 is 0 Å². The maximum Gasteiger partial charge on any atom is 0.276 e. The average molecular weight is 237 g/mol. The van der Waals surface area contributed by atoms with Gasteiger partial charge in [-0.2, -0.15) is 0 Å². The van der Waals surface area contributed by atoms with Crippen LogP contribution in [0.4, 0.5) is 14.6 Å². The standard InChI is InChI=1S/C12H13F2N3/c13-12(14,7-15)8-16-11-6-5-9-3-1-2-4-10(9)17-11/h1-6H,7-8,15H2,(H,16,17). The molecule has 0 radical (unpaired) electrons. The van der Waals surface area contributed by atoms with Gasteiger partial charge in [0.25, 0.3) is 5.92 Å². The number of nitrogens with one attached hydrogen (secondary N) is 1. The van der Waals surface area contributed by atoms with Gasteiger partial charge >= 0.3 is 0 Å². The van der Waals surface area contributed by atoms with E-state index in [0.29, 0.717) is 5.82 Å². The van der Waals surface area contributed by atoms with Crippen LogP contribution in [0.25, 0.3) is 10.9 Å². The molecule has 0 aliphatic heterocycles. The highest BCUT2D eigenvalue weighted by atomic mass is 19.3. The Kier molecular flexibility index (Phi) is 3.19. The van der Waals surface area contributed by atoms with Crippen LogP contribution in [-0.4, -0.2) is 24.0 Å². The number of hydrogen-bond acceptors (Lipinski definition) is 3. The number of rotatable bonds is 4. The third kappa shape index (κ3) is 2.88. The summed E-state index contributed by atoms with van der Waals surface area (Å²) in [7, 11) is 0. The summed E-state index contributed by atoms with van der Waals surface area (Å²) in [5.41, 5.74) is 5.72. The lowest BCUT2D eigenvalue weighted by Crippen LogP contribution is -2.35. The number of nitrogens with two attached hydrogens (primary N) is 1. The van der Waals surface area contributed by atoms with Gasteiger partial charge in [-0.25, -0.2) is 13.8 Å². The predicted molar refractivity (Wildman–Crippen MR) is 64.2 cm³/mol. The molecule has 90 valence electrons. The fraction of sp³-hybridized carbons (Fsp3) is 0.250. The SMILES string of the molecule is NCC(F)(F)CNc1ccc2ccccc2n1. The molecule has 1 aromatic carbocycles. The van der Waals surface area contributed by atoms with E-state index in [1.54, 1.807) is 6.07 Å². The van der Waals surface area contributed by atoms with E-state index in [2.05, 4.69) is 10.3 Å². The van der Waals surface area contributed by atoms with Crippen LogP contribution in [0.5, 0.6) is 0 Å². The number of aromatic nitrogens is 1. The minimum Gasteiger partial charge on any atom is -0.364 e. The van der Waals surface area contributed by atoms with Gasteiger partial charge in [0.2, 0.25) is 0 Å². The number of alkyl halides is 2. The summed E-state index contributed by atoms with van der Waals surface area (Å²) in [6.07, 6.45) is 0. The maximum atomic E-state index is 12.9. The van der Waals surface area contributed by atoms with Crippen molar-refractivity contribution in [3.05, 3.63) is 36.4 Å². The normalized spacial score (nSPS) is 11.7. The number of nitrogens with zero attached hydrogens (tertiary/aromatic N) is 1. The molecular weight excluding hydrogens is 224 g/mol. The minimum atomic E-state index is -2.91. The van der Waals surface area contributed by atoms with Gasteiger partial charge in [-0.3, -0.25) is 0 Å². The highest BCUT2D eigenvalue weighted by Gasteiger charge is 2.26. The summed E-state index contributed by atoms with van der Waals surface area (Å²) in [5.74, 6) is -2.48. The van der Waals surface area contributed by atoms with Crippen molar-refractivity contribution in [3.63, 3.8) is 0 Å². The number of fused-ring (bicyclic) bond motifs is 1. The average Bonchev–Trinajstić information content (AvgIpc) is 2.36. The van der Waals surface area contributed by atoms with E-state index >= 15 is 0 Å². The topological polar surface area (TPSA) is 50.9 Å². The molecule has 2 aromatic rings. The number of pyridine rings is 1. The fourth-order valence-electron chi connectivity index (χ4n) is 1.46. The molecule has 0 aliphatic rings. The zero-order valence-electron chi connectivity index (χ0n) is 9.16. The molecule has 2 rings (SSSR count). The first-order chi connectivity index (χ1) is 8.11. The van der Waals surface area contributed by atoms with Crippen molar-refractivity contribution in [2.24, 2.45) is 5.73 Å². The Bertz CT molecular complexity index is 514. The van der Waals surface area contributed by atoms with Gasteiger partial charge < -0.3 is 11.1 Å². The molecule has 1 aromatic heterocycles. The second-order valence-corrected chi connectivity index (χ2v) is 3.80. The van der Waals surface area contributed by atoms with Gasteiger partial charge in [0, 0.05) is 5.39 Å². The van der Waals surface area contributed by atoms with Gasteiger partial charge in [-0.15, -0.1) is 0 Å². The first kappa shape index (κ1) is 11.7. The summed E-state index contributed by atoms with van der Waals surface area (Å²) in [6, 6.07) is 11.0. The zero-order valence-corrected chi connectivity index (χ0v) is 9.16. The van der Waals surface area contributed by atoms with Crippen LogP contribution < -0.4 is 11.1 Å².